The molecule has 14 rings (SSSR count). The fourth-order valence-electron chi connectivity index (χ4n) is 14.7. The summed E-state index contributed by atoms with van der Waals surface area (Å²) < 4.78 is 362. The molecule has 0 amide bonds. The number of ether oxygens (including phenoxy) is 5. The molecule has 0 N–H and O–H groups in total. The largest absolute Gasteiger partial charge is 0.432 e. The van der Waals surface area contributed by atoms with Gasteiger partial charge < -0.3 is 23.7 Å². The number of hydrogen-bond donors (Lipinski definition) is 0. The van der Waals surface area contributed by atoms with Crippen LogP contribution < -0.4 is 18.9 Å². The van der Waals surface area contributed by atoms with E-state index in [9.17, 15) is 105 Å². The molecule has 0 aromatic heterocycles. The average Bonchev–Trinajstić information content (AvgIpc) is 0.774. The molecule has 2 saturated carbocycles. The third kappa shape index (κ3) is 22.9. The van der Waals surface area contributed by atoms with Crippen molar-refractivity contribution >= 4 is 0 Å². The lowest BCUT2D eigenvalue weighted by molar-refractivity contribution is -0.224. The van der Waals surface area contributed by atoms with E-state index in [1.807, 2.05) is 19.1 Å². The molecule has 660 valence electrons. The van der Waals surface area contributed by atoms with Crippen LogP contribution in [0.1, 0.15) is 142 Å². The molecule has 124 heavy (non-hydrogen) atoms. The first kappa shape index (κ1) is 95.1. The lowest BCUT2D eigenvalue weighted by atomic mass is 9.69. The Balaban J connectivity index is 0.000000174. The SMILES string of the molecule is C.Cc1c(F)cc(OC(F)(F)C2CCC(C3CCC(C)CC3)CC2)cc1F.Cc1c(F)cc(OC(F)(F)c2c(F)cc(-c3ccc(C4CCC(C)CO4)cc3)cc2F)cc1F.Cc1ccc(-c2cc(F)c(C(F)(F)Oc3cc(F)c(F)c(F)c3)c(F)c2)cc1.Cc1ccc(-c2ccc(-c3cc(F)c(C(F)(F)Oc4cc(F)c(C)c(F)c4)c(F)c3)c(F)c2)cc1. The van der Waals surface area contributed by atoms with Gasteiger partial charge >= 0.3 is 24.4 Å². The first-order valence-corrected chi connectivity index (χ1v) is 38.8. The molecular weight excluding hydrogens is 1680 g/mol. The summed E-state index contributed by atoms with van der Waals surface area (Å²) in [6.07, 6.45) is -8.01. The summed E-state index contributed by atoms with van der Waals surface area (Å²) in [5, 5.41) is 0. The van der Waals surface area contributed by atoms with Gasteiger partial charge in [-0.25, -0.2) is 70.2 Å². The molecule has 1 heterocycles. The van der Waals surface area contributed by atoms with Crippen LogP contribution in [0.15, 0.2) is 176 Å². The molecule has 29 heteroatoms. The van der Waals surface area contributed by atoms with Crippen LogP contribution in [0.5, 0.6) is 23.0 Å². The van der Waals surface area contributed by atoms with Gasteiger partial charge in [-0.15, -0.1) is 0 Å². The van der Waals surface area contributed by atoms with Crippen molar-refractivity contribution in [3.63, 3.8) is 0 Å². The van der Waals surface area contributed by atoms with E-state index >= 15 is 0 Å². The molecule has 1 saturated heterocycles. The van der Waals surface area contributed by atoms with Crippen molar-refractivity contribution in [2.24, 2.45) is 29.6 Å². The van der Waals surface area contributed by atoms with Crippen molar-refractivity contribution in [2.45, 2.75) is 151 Å². The van der Waals surface area contributed by atoms with Crippen LogP contribution in [0.4, 0.5) is 105 Å². The Morgan fingerprint density at radius 2 is 0.573 bits per heavy atom. The van der Waals surface area contributed by atoms with Crippen molar-refractivity contribution < 1.29 is 129 Å². The van der Waals surface area contributed by atoms with E-state index in [1.165, 1.54) is 50.8 Å². The van der Waals surface area contributed by atoms with Crippen LogP contribution in [0, 0.1) is 157 Å². The highest BCUT2D eigenvalue weighted by Gasteiger charge is 2.47. The van der Waals surface area contributed by atoms with Gasteiger partial charge in [-0.1, -0.05) is 130 Å². The predicted molar refractivity (Wildman–Crippen MR) is 419 cm³/mol. The second-order valence-corrected chi connectivity index (χ2v) is 30.9. The van der Waals surface area contributed by atoms with E-state index in [-0.39, 0.29) is 53.5 Å². The number of aryl methyl sites for hydroxylation is 2. The second kappa shape index (κ2) is 39.4. The Bertz CT molecular complexity index is 5420. The maximum absolute atomic E-state index is 14.8. The number of benzene rings is 11. The number of hydrogen-bond acceptors (Lipinski definition) is 5. The first-order valence-electron chi connectivity index (χ1n) is 38.8. The van der Waals surface area contributed by atoms with Gasteiger partial charge in [-0.3, -0.25) is 0 Å². The van der Waals surface area contributed by atoms with Crippen LogP contribution in [-0.2, 0) is 23.1 Å². The molecule has 5 nitrogen and oxygen atoms in total. The molecule has 2 atom stereocenters. The summed E-state index contributed by atoms with van der Waals surface area (Å²) in [4.78, 5) is 0. The summed E-state index contributed by atoms with van der Waals surface area (Å²) in [5.41, 5.74) is -1.80. The third-order valence-corrected chi connectivity index (χ3v) is 21.9. The smallest absolute Gasteiger partial charge is 0.432 e. The number of alkyl halides is 8. The summed E-state index contributed by atoms with van der Waals surface area (Å²) in [6.45, 7) is 12.2. The summed E-state index contributed by atoms with van der Waals surface area (Å²) in [7, 11) is 0. The lowest BCUT2D eigenvalue weighted by Gasteiger charge is -2.38. The molecular formula is C95H82F24O5. The third-order valence-electron chi connectivity index (χ3n) is 21.9. The van der Waals surface area contributed by atoms with Crippen LogP contribution in [0.2, 0.25) is 0 Å². The predicted octanol–water partition coefficient (Wildman–Crippen LogP) is 30.3. The summed E-state index contributed by atoms with van der Waals surface area (Å²) in [5.74, 6) is -24.3. The number of halogens is 24. The molecule has 11 aromatic carbocycles. The highest BCUT2D eigenvalue weighted by molar-refractivity contribution is 5.72. The molecule has 0 radical (unpaired) electrons. The Morgan fingerprint density at radius 3 is 0.911 bits per heavy atom. The minimum atomic E-state index is -4.62. The lowest BCUT2D eigenvalue weighted by Crippen LogP contribution is -2.38. The van der Waals surface area contributed by atoms with Crippen molar-refractivity contribution in [1.82, 2.24) is 0 Å². The molecule has 1 aliphatic heterocycles. The Morgan fingerprint density at radius 1 is 0.282 bits per heavy atom. The van der Waals surface area contributed by atoms with Crippen LogP contribution in [0.3, 0.4) is 0 Å². The van der Waals surface area contributed by atoms with Crippen molar-refractivity contribution in [3.8, 4) is 67.5 Å². The highest BCUT2D eigenvalue weighted by Crippen LogP contribution is 2.48. The van der Waals surface area contributed by atoms with Crippen molar-refractivity contribution in [1.29, 1.82) is 0 Å². The molecule has 3 aliphatic rings. The summed E-state index contributed by atoms with van der Waals surface area (Å²) in [6, 6.07) is 32.4. The first-order chi connectivity index (χ1) is 57.8. The maximum atomic E-state index is 14.8. The Kier molecular flexibility index (Phi) is 30.2. The average molecular weight is 1760 g/mol. The molecule has 2 unspecified atom stereocenters. The monoisotopic (exact) mass is 1760 g/mol. The van der Waals surface area contributed by atoms with Crippen molar-refractivity contribution in [2.75, 3.05) is 6.61 Å². The van der Waals surface area contributed by atoms with Gasteiger partial charge in [0, 0.05) is 77.4 Å². The van der Waals surface area contributed by atoms with Crippen molar-refractivity contribution in [3.05, 3.63) is 319 Å². The highest BCUT2D eigenvalue weighted by atomic mass is 19.3. The van der Waals surface area contributed by atoms with E-state index < -0.39 is 174 Å². The van der Waals surface area contributed by atoms with E-state index in [1.54, 1.807) is 67.6 Å². The Hall–Kier alpha value is -11.1. The summed E-state index contributed by atoms with van der Waals surface area (Å²) >= 11 is 0. The van der Waals surface area contributed by atoms with E-state index in [0.29, 0.717) is 102 Å². The zero-order chi connectivity index (χ0) is 89.6. The molecule has 2 aliphatic carbocycles. The van der Waals surface area contributed by atoms with E-state index in [0.717, 1.165) is 92.0 Å². The van der Waals surface area contributed by atoms with Gasteiger partial charge in [0.1, 0.15) is 115 Å². The quantitative estimate of drug-likeness (QED) is 0.0633. The van der Waals surface area contributed by atoms with Gasteiger partial charge in [-0.2, -0.15) is 35.1 Å². The molecule has 3 fully saturated rings. The fourth-order valence-corrected chi connectivity index (χ4v) is 14.7. The van der Waals surface area contributed by atoms with Crippen LogP contribution in [0.25, 0.3) is 44.5 Å². The van der Waals surface area contributed by atoms with Crippen LogP contribution >= 0.6 is 0 Å². The van der Waals surface area contributed by atoms with E-state index in [2.05, 4.69) is 28.1 Å². The van der Waals surface area contributed by atoms with Gasteiger partial charge in [-0.05, 0) is 197 Å². The zero-order valence-corrected chi connectivity index (χ0v) is 66.6. The van der Waals surface area contributed by atoms with Gasteiger partial charge in [0.2, 0.25) is 0 Å². The standard InChI is InChI=1S/C27H17F7O.C26H22F6O2.C21H28F4O.C20H11F7O.CH4/c1-14-3-5-16(6-4-14)17-7-8-20(23(30)9-17)18-10-24(31)26(25(32)11-18)27(33,34)35-19-12-21(28)15(2)22(29)13-19;1-14-3-8-24(33-13-14)17-6-4-16(5-7-17)18-9-22(29)25(23(30)10-18)26(31,32)34-19-11-20(27)15(2)21(28)12-19;1-13-3-5-15(6-4-13)16-7-9-17(10-8-16)21(24,25)26-18-11-19(22)14(2)20(23)12-18;1-10-2-4-11(5-3-10)12-6-14(21)18(15(22)7-12)20(26,27)28-13-8-16(23)19(25)17(24)9-13;/h3-13H,1-2H3;4-7,9-12,14,24H,3,8,13H2,1-2H3;11-13,15-17H,3-10H2,1-2H3;2-9H,1H3;1H4. The maximum Gasteiger partial charge on any atom is 0.432 e. The van der Waals surface area contributed by atoms with Gasteiger partial charge in [0.05, 0.1) is 12.0 Å². The van der Waals surface area contributed by atoms with E-state index in [4.69, 9.17) is 9.47 Å². The Labute approximate surface area is 699 Å². The number of rotatable bonds is 18. The topological polar surface area (TPSA) is 46.2 Å². The molecule has 0 bridgehead atoms. The molecule has 11 aromatic rings. The normalized spacial score (nSPS) is 17.3. The minimum absolute atomic E-state index is 0. The van der Waals surface area contributed by atoms with Gasteiger partial charge in [0.25, 0.3) is 0 Å². The minimum Gasteiger partial charge on any atom is -0.432 e. The van der Waals surface area contributed by atoms with Gasteiger partial charge in [0.15, 0.2) is 17.5 Å². The van der Waals surface area contributed by atoms with Crippen LogP contribution in [-0.4, -0.2) is 12.7 Å². The molecule has 0 spiro atoms. The second-order valence-electron chi connectivity index (χ2n) is 30.9. The fraction of sp³-hybridized carbons (Fsp3) is 0.305. The zero-order valence-electron chi connectivity index (χ0n) is 66.6.